The molecule has 2 unspecified atom stereocenters. The van der Waals surface area contributed by atoms with E-state index >= 15 is 0 Å². The minimum atomic E-state index is -0.558. The molecular weight excluding hydrogens is 575 g/mol. The number of nitrogens with one attached hydrogen (secondary N) is 1. The van der Waals surface area contributed by atoms with Crippen molar-refractivity contribution in [3.05, 3.63) is 69.3 Å². The van der Waals surface area contributed by atoms with Crippen molar-refractivity contribution in [3.63, 3.8) is 0 Å². The summed E-state index contributed by atoms with van der Waals surface area (Å²) in [7, 11) is 0. The number of hydrazine groups is 1. The number of nitrogens with zero attached hydrogens (tertiary/aromatic N) is 5. The first-order valence-corrected chi connectivity index (χ1v) is 15.4. The van der Waals surface area contributed by atoms with Crippen molar-refractivity contribution in [1.82, 2.24) is 25.0 Å². The molecule has 4 heterocycles. The van der Waals surface area contributed by atoms with Gasteiger partial charge in [0.1, 0.15) is 13.0 Å². The molecule has 2 saturated heterocycles. The van der Waals surface area contributed by atoms with Crippen LogP contribution in [-0.2, 0) is 29.0 Å². The highest BCUT2D eigenvalue weighted by molar-refractivity contribution is 6.31. The van der Waals surface area contributed by atoms with Crippen LogP contribution in [0.1, 0.15) is 36.6 Å². The number of fused-ring (bicyclic) bond motifs is 1. The van der Waals surface area contributed by atoms with Crippen LogP contribution < -0.4 is 10.4 Å². The predicted molar refractivity (Wildman–Crippen MR) is 164 cm³/mol. The summed E-state index contributed by atoms with van der Waals surface area (Å²) in [5, 5.41) is 19.6. The van der Waals surface area contributed by atoms with E-state index in [4.69, 9.17) is 33.0 Å². The Morgan fingerprint density at radius 3 is 2.60 bits per heavy atom. The highest BCUT2D eigenvalue weighted by atomic mass is 35.5. The number of ether oxygens (including phenoxy) is 1. The van der Waals surface area contributed by atoms with E-state index in [2.05, 4.69) is 10.3 Å². The molecule has 9 nitrogen and oxygen atoms in total. The molecule has 0 radical (unpaired) electrons. The van der Waals surface area contributed by atoms with Crippen molar-refractivity contribution in [2.75, 3.05) is 37.9 Å². The Morgan fingerprint density at radius 1 is 1.12 bits per heavy atom. The summed E-state index contributed by atoms with van der Waals surface area (Å²) < 4.78 is 8.05. The van der Waals surface area contributed by atoms with Gasteiger partial charge in [-0.2, -0.15) is 5.10 Å². The zero-order valence-corrected chi connectivity index (χ0v) is 25.6. The number of rotatable bonds is 7. The van der Waals surface area contributed by atoms with Crippen molar-refractivity contribution in [1.29, 1.82) is 0 Å². The molecule has 3 aliphatic rings. The third-order valence-corrected chi connectivity index (χ3v) is 9.40. The number of carbonyl (C=O) groups is 1. The second-order valence-corrected chi connectivity index (χ2v) is 12.5. The number of anilines is 1. The molecule has 42 heavy (non-hydrogen) atoms. The lowest BCUT2D eigenvalue weighted by Gasteiger charge is -2.35. The predicted octanol–water partition coefficient (Wildman–Crippen LogP) is 4.47. The van der Waals surface area contributed by atoms with Gasteiger partial charge in [0.05, 0.1) is 24.0 Å². The van der Waals surface area contributed by atoms with Crippen molar-refractivity contribution in [2.45, 2.75) is 58.5 Å². The lowest BCUT2D eigenvalue weighted by atomic mass is 9.95. The second kappa shape index (κ2) is 12.5. The minimum Gasteiger partial charge on any atom is -0.390 e. The maximum Gasteiger partial charge on any atom is 0.219 e. The molecule has 0 bridgehead atoms. The van der Waals surface area contributed by atoms with Crippen molar-refractivity contribution in [2.24, 2.45) is 5.92 Å². The third-order valence-electron chi connectivity index (χ3n) is 8.73. The fraction of sp³-hybridized carbons (Fsp3) is 0.484. The molecule has 224 valence electrons. The number of hydrogen-bond acceptors (Lipinski definition) is 7. The Labute approximate surface area is 256 Å². The fourth-order valence-electron chi connectivity index (χ4n) is 6.32. The average molecular weight is 614 g/mol. The maximum absolute atomic E-state index is 12.2. The number of carbonyl (C=O) groups excluding carboxylic acids is 1. The van der Waals surface area contributed by atoms with Crippen LogP contribution in [0.5, 0.6) is 0 Å². The summed E-state index contributed by atoms with van der Waals surface area (Å²) in [6.07, 6.45) is 2.13. The molecule has 6 rings (SSSR count). The summed E-state index contributed by atoms with van der Waals surface area (Å²) in [5.74, 6) is 0.467. The van der Waals surface area contributed by atoms with Gasteiger partial charge in [-0.15, -0.1) is 0 Å². The number of piperidine rings is 1. The molecule has 0 saturated carbocycles. The van der Waals surface area contributed by atoms with Crippen LogP contribution in [0.2, 0.25) is 10.0 Å². The summed E-state index contributed by atoms with van der Waals surface area (Å²) in [6, 6.07) is 13.7. The van der Waals surface area contributed by atoms with E-state index in [1.54, 1.807) is 6.92 Å². The lowest BCUT2D eigenvalue weighted by molar-refractivity contribution is -0.129. The summed E-state index contributed by atoms with van der Waals surface area (Å²) in [4.78, 5) is 16.4. The molecule has 2 aromatic carbocycles. The number of halogens is 2. The number of aryl methyl sites for hydroxylation is 1. The molecule has 3 aliphatic heterocycles. The zero-order chi connectivity index (χ0) is 29.4. The fourth-order valence-corrected chi connectivity index (χ4v) is 6.57. The third kappa shape index (κ3) is 6.32. The quantitative estimate of drug-likeness (QED) is 0.407. The lowest BCUT2D eigenvalue weighted by Crippen LogP contribution is -2.46. The van der Waals surface area contributed by atoms with E-state index in [1.165, 1.54) is 0 Å². The molecule has 0 spiro atoms. The van der Waals surface area contributed by atoms with Gasteiger partial charge < -0.3 is 19.6 Å². The van der Waals surface area contributed by atoms with Crippen LogP contribution >= 0.6 is 23.2 Å². The Kier molecular flexibility index (Phi) is 8.77. The Balaban J connectivity index is 1.07. The van der Waals surface area contributed by atoms with E-state index in [1.807, 2.05) is 64.0 Å². The summed E-state index contributed by atoms with van der Waals surface area (Å²) in [5.41, 5.74) is 9.52. The van der Waals surface area contributed by atoms with E-state index in [0.29, 0.717) is 55.3 Å². The zero-order valence-electron chi connectivity index (χ0n) is 24.1. The smallest absolute Gasteiger partial charge is 0.219 e. The van der Waals surface area contributed by atoms with Gasteiger partial charge in [-0.05, 0) is 74.8 Å². The minimum absolute atomic E-state index is 0.0205. The van der Waals surface area contributed by atoms with Crippen molar-refractivity contribution in [3.8, 4) is 11.3 Å². The monoisotopic (exact) mass is 612 g/mol. The van der Waals surface area contributed by atoms with E-state index in [-0.39, 0.29) is 12.1 Å². The number of aromatic nitrogens is 2. The van der Waals surface area contributed by atoms with Gasteiger partial charge in [-0.1, -0.05) is 29.3 Å². The number of aliphatic hydroxyl groups is 1. The molecule has 11 heteroatoms. The number of β-amino-alcohol motifs (C(OH)–C–C–N with tert-alkyl or cyclic N) is 1. The van der Waals surface area contributed by atoms with E-state index < -0.39 is 6.10 Å². The Morgan fingerprint density at radius 2 is 1.88 bits per heavy atom. The first-order valence-electron chi connectivity index (χ1n) is 14.7. The van der Waals surface area contributed by atoms with Gasteiger partial charge in [0.15, 0.2) is 0 Å². The van der Waals surface area contributed by atoms with Gasteiger partial charge in [-0.3, -0.25) is 14.5 Å². The molecule has 0 aliphatic carbocycles. The van der Waals surface area contributed by atoms with E-state index in [0.717, 1.165) is 59.7 Å². The van der Waals surface area contributed by atoms with E-state index in [9.17, 15) is 9.90 Å². The number of amides is 1. The second-order valence-electron chi connectivity index (χ2n) is 11.7. The number of aliphatic hydroxyl groups excluding tert-OH is 1. The summed E-state index contributed by atoms with van der Waals surface area (Å²) >= 11 is 12.3. The number of likely N-dealkylation sites (tertiary alicyclic amines) is 1. The summed E-state index contributed by atoms with van der Waals surface area (Å²) in [6.45, 7) is 8.09. The van der Waals surface area contributed by atoms with Gasteiger partial charge in [0.2, 0.25) is 5.91 Å². The SMILES string of the molecule is CC(=O)N1CCc2c(c(-c3ccc(Cl)c(C)c3)nn2CC(O)CN2CCC(C3NN(c4ccc(Cl)cc4)CO3)CC2)C1. The van der Waals surface area contributed by atoms with Crippen LogP contribution in [0.15, 0.2) is 42.5 Å². The van der Waals surface area contributed by atoms with Crippen LogP contribution in [0.25, 0.3) is 11.3 Å². The van der Waals surface area contributed by atoms with Crippen LogP contribution in [0, 0.1) is 12.8 Å². The standard InChI is InChI=1S/C31H38Cl2N6O3/c1-20-15-23(3-8-28(20)33)30-27-18-37(21(2)40)14-11-29(27)38(34-30)17-26(41)16-36-12-9-22(10-13-36)31-35-39(19-42-31)25-6-4-24(32)5-7-25/h3-8,15,22,26,31,35,41H,9-14,16-19H2,1-2H3. The van der Waals surface area contributed by atoms with Crippen molar-refractivity contribution < 1.29 is 14.6 Å². The van der Waals surface area contributed by atoms with Crippen LogP contribution in [0.4, 0.5) is 5.69 Å². The van der Waals surface area contributed by atoms with Gasteiger partial charge >= 0.3 is 0 Å². The number of benzene rings is 2. The highest BCUT2D eigenvalue weighted by Crippen LogP contribution is 2.33. The topological polar surface area (TPSA) is 86.1 Å². The van der Waals surface area contributed by atoms with Crippen LogP contribution in [-0.4, -0.2) is 75.8 Å². The molecule has 1 amide bonds. The normalized spacial score (nSPS) is 20.6. The molecular formula is C31H38Cl2N6O3. The Bertz CT molecular complexity index is 1420. The van der Waals surface area contributed by atoms with Gasteiger partial charge in [-0.25, -0.2) is 5.43 Å². The van der Waals surface area contributed by atoms with Crippen molar-refractivity contribution >= 4 is 34.8 Å². The first-order chi connectivity index (χ1) is 20.2. The molecule has 2 N–H and O–H groups in total. The van der Waals surface area contributed by atoms with Gasteiger partial charge in [0, 0.05) is 65.8 Å². The first kappa shape index (κ1) is 29.4. The molecule has 3 aromatic rings. The van der Waals surface area contributed by atoms with Gasteiger partial charge in [0.25, 0.3) is 0 Å². The highest BCUT2D eigenvalue weighted by Gasteiger charge is 2.33. The van der Waals surface area contributed by atoms with Crippen LogP contribution in [0.3, 0.4) is 0 Å². The maximum atomic E-state index is 12.2. The Hall–Kier alpha value is -2.66. The largest absolute Gasteiger partial charge is 0.390 e. The number of hydrogen-bond donors (Lipinski definition) is 2. The average Bonchev–Trinajstić information content (AvgIpc) is 3.61. The molecule has 2 fully saturated rings. The molecule has 1 aromatic heterocycles. The molecule has 2 atom stereocenters.